The third kappa shape index (κ3) is 4.77. The maximum atomic E-state index is 13.8. The SMILES string of the molecule is Cc1onc(C(=O)Nc2cnn(Cc3ccccc3F)c2)c1COc1ccc(F)cc1. The molecule has 0 saturated heterocycles. The molecule has 0 saturated carbocycles. The minimum absolute atomic E-state index is 0.0241. The number of aromatic nitrogens is 3. The van der Waals surface area contributed by atoms with Gasteiger partial charge in [0, 0.05) is 11.8 Å². The molecule has 0 fully saturated rings. The molecule has 4 aromatic rings. The Morgan fingerprint density at radius 1 is 1.16 bits per heavy atom. The van der Waals surface area contributed by atoms with Gasteiger partial charge in [-0.25, -0.2) is 8.78 Å². The van der Waals surface area contributed by atoms with Crippen molar-refractivity contribution in [1.29, 1.82) is 0 Å². The fraction of sp³-hybridized carbons (Fsp3) is 0.136. The zero-order valence-electron chi connectivity index (χ0n) is 16.5. The van der Waals surface area contributed by atoms with Crippen molar-refractivity contribution < 1.29 is 22.8 Å². The van der Waals surface area contributed by atoms with Crippen molar-refractivity contribution in [1.82, 2.24) is 14.9 Å². The molecule has 4 rings (SSSR count). The highest BCUT2D eigenvalue weighted by atomic mass is 19.1. The van der Waals surface area contributed by atoms with Crippen molar-refractivity contribution in [2.45, 2.75) is 20.1 Å². The van der Waals surface area contributed by atoms with Crippen molar-refractivity contribution in [3.05, 3.63) is 95.1 Å². The van der Waals surface area contributed by atoms with E-state index in [1.165, 1.54) is 41.2 Å². The van der Waals surface area contributed by atoms with Crippen LogP contribution in [0.2, 0.25) is 0 Å². The van der Waals surface area contributed by atoms with Crippen LogP contribution in [-0.4, -0.2) is 20.8 Å². The molecular formula is C22H18F2N4O3. The van der Waals surface area contributed by atoms with Gasteiger partial charge in [0.1, 0.15) is 29.8 Å². The predicted octanol–water partition coefficient (Wildman–Crippen LogP) is 4.34. The van der Waals surface area contributed by atoms with Crippen molar-refractivity contribution >= 4 is 11.6 Å². The lowest BCUT2D eigenvalue weighted by atomic mass is 10.2. The molecule has 31 heavy (non-hydrogen) atoms. The first kappa shape index (κ1) is 20.3. The molecule has 0 atom stereocenters. The molecule has 1 amide bonds. The third-order valence-corrected chi connectivity index (χ3v) is 4.58. The minimum Gasteiger partial charge on any atom is -0.489 e. The molecule has 7 nitrogen and oxygen atoms in total. The first-order valence-electron chi connectivity index (χ1n) is 9.40. The number of benzene rings is 2. The summed E-state index contributed by atoms with van der Waals surface area (Å²) in [5.74, 6) is -0.318. The van der Waals surface area contributed by atoms with E-state index in [-0.39, 0.29) is 30.5 Å². The normalized spacial score (nSPS) is 10.8. The van der Waals surface area contributed by atoms with Crippen LogP contribution in [0.5, 0.6) is 5.75 Å². The van der Waals surface area contributed by atoms with Gasteiger partial charge >= 0.3 is 0 Å². The van der Waals surface area contributed by atoms with Crippen LogP contribution in [0.4, 0.5) is 14.5 Å². The smallest absolute Gasteiger partial charge is 0.278 e. The van der Waals surface area contributed by atoms with E-state index in [0.717, 1.165) is 0 Å². The fourth-order valence-electron chi connectivity index (χ4n) is 2.93. The standard InChI is InChI=1S/C22H18F2N4O3/c1-14-19(13-30-18-8-6-16(23)7-9-18)21(27-31-14)22(29)26-17-10-25-28(12-17)11-15-4-2-3-5-20(15)24/h2-10,12H,11,13H2,1H3,(H,26,29). The number of rotatable bonds is 7. The van der Waals surface area contributed by atoms with Crippen LogP contribution in [0.3, 0.4) is 0 Å². The Kier molecular flexibility index (Phi) is 5.74. The number of nitrogens with one attached hydrogen (secondary N) is 1. The summed E-state index contributed by atoms with van der Waals surface area (Å²) in [5, 5.41) is 10.7. The van der Waals surface area contributed by atoms with E-state index < -0.39 is 5.91 Å². The van der Waals surface area contributed by atoms with Crippen LogP contribution in [-0.2, 0) is 13.2 Å². The highest BCUT2D eigenvalue weighted by Crippen LogP contribution is 2.20. The van der Waals surface area contributed by atoms with Gasteiger partial charge in [-0.15, -0.1) is 0 Å². The Morgan fingerprint density at radius 3 is 2.71 bits per heavy atom. The lowest BCUT2D eigenvalue weighted by Crippen LogP contribution is -2.15. The van der Waals surface area contributed by atoms with Gasteiger partial charge < -0.3 is 14.6 Å². The number of ether oxygens (including phenoxy) is 1. The van der Waals surface area contributed by atoms with Gasteiger partial charge in [-0.3, -0.25) is 9.48 Å². The average Bonchev–Trinajstić information content (AvgIpc) is 3.35. The first-order valence-corrected chi connectivity index (χ1v) is 9.40. The molecule has 2 heterocycles. The molecular weight excluding hydrogens is 406 g/mol. The molecule has 2 aromatic heterocycles. The number of aryl methyl sites for hydroxylation is 1. The van der Waals surface area contributed by atoms with Crippen molar-refractivity contribution in [2.75, 3.05) is 5.32 Å². The number of carbonyl (C=O) groups is 1. The molecule has 0 spiro atoms. The van der Waals surface area contributed by atoms with Crippen molar-refractivity contribution in [3.8, 4) is 5.75 Å². The number of carbonyl (C=O) groups excluding carboxylic acids is 1. The Bertz CT molecular complexity index is 1200. The Morgan fingerprint density at radius 2 is 1.94 bits per heavy atom. The minimum atomic E-state index is -0.500. The topological polar surface area (TPSA) is 82.2 Å². The second kappa shape index (κ2) is 8.78. The number of nitrogens with zero attached hydrogens (tertiary/aromatic N) is 3. The molecule has 2 aromatic carbocycles. The van der Waals surface area contributed by atoms with E-state index in [0.29, 0.717) is 28.3 Å². The molecule has 158 valence electrons. The van der Waals surface area contributed by atoms with E-state index in [4.69, 9.17) is 9.26 Å². The summed E-state index contributed by atoms with van der Waals surface area (Å²) in [5.41, 5.74) is 1.45. The van der Waals surface area contributed by atoms with Gasteiger partial charge in [0.2, 0.25) is 0 Å². The highest BCUT2D eigenvalue weighted by molar-refractivity contribution is 6.03. The monoisotopic (exact) mass is 424 g/mol. The lowest BCUT2D eigenvalue weighted by Gasteiger charge is -2.07. The zero-order valence-corrected chi connectivity index (χ0v) is 16.5. The molecule has 1 N–H and O–H groups in total. The first-order chi connectivity index (χ1) is 15.0. The van der Waals surface area contributed by atoms with Crippen LogP contribution in [0.25, 0.3) is 0 Å². The summed E-state index contributed by atoms with van der Waals surface area (Å²) >= 11 is 0. The second-order valence-electron chi connectivity index (χ2n) is 6.78. The molecule has 0 bridgehead atoms. The average molecular weight is 424 g/mol. The van der Waals surface area contributed by atoms with Gasteiger partial charge in [0.15, 0.2) is 5.69 Å². The van der Waals surface area contributed by atoms with E-state index in [1.54, 1.807) is 31.3 Å². The molecule has 0 aliphatic heterocycles. The zero-order chi connectivity index (χ0) is 21.8. The highest BCUT2D eigenvalue weighted by Gasteiger charge is 2.21. The molecule has 0 unspecified atom stereocenters. The predicted molar refractivity (Wildman–Crippen MR) is 108 cm³/mol. The number of anilines is 1. The maximum Gasteiger partial charge on any atom is 0.278 e. The third-order valence-electron chi connectivity index (χ3n) is 4.58. The molecule has 0 radical (unpaired) electrons. The number of halogens is 2. The quantitative estimate of drug-likeness (QED) is 0.477. The van der Waals surface area contributed by atoms with Gasteiger partial charge in [0.05, 0.1) is 24.0 Å². The maximum absolute atomic E-state index is 13.8. The summed E-state index contributed by atoms with van der Waals surface area (Å²) in [6, 6.07) is 11.9. The van der Waals surface area contributed by atoms with Crippen LogP contribution < -0.4 is 10.1 Å². The summed E-state index contributed by atoms with van der Waals surface area (Å²) in [7, 11) is 0. The number of hydrogen-bond acceptors (Lipinski definition) is 5. The summed E-state index contributed by atoms with van der Waals surface area (Å²) in [6.45, 7) is 1.91. The van der Waals surface area contributed by atoms with Gasteiger partial charge in [-0.1, -0.05) is 23.4 Å². The van der Waals surface area contributed by atoms with E-state index >= 15 is 0 Å². The van der Waals surface area contributed by atoms with Crippen LogP contribution in [0.15, 0.2) is 65.4 Å². The van der Waals surface area contributed by atoms with Crippen LogP contribution in [0, 0.1) is 18.6 Å². The van der Waals surface area contributed by atoms with Crippen molar-refractivity contribution in [3.63, 3.8) is 0 Å². The van der Waals surface area contributed by atoms with E-state index in [2.05, 4.69) is 15.6 Å². The summed E-state index contributed by atoms with van der Waals surface area (Å²) in [4.78, 5) is 12.7. The molecule has 0 aliphatic rings. The van der Waals surface area contributed by atoms with Gasteiger partial charge in [-0.2, -0.15) is 5.10 Å². The number of amides is 1. The summed E-state index contributed by atoms with van der Waals surface area (Å²) in [6.07, 6.45) is 3.05. The number of hydrogen-bond donors (Lipinski definition) is 1. The largest absolute Gasteiger partial charge is 0.489 e. The van der Waals surface area contributed by atoms with Crippen molar-refractivity contribution in [2.24, 2.45) is 0 Å². The van der Waals surface area contributed by atoms with Gasteiger partial charge in [-0.05, 0) is 37.3 Å². The van der Waals surface area contributed by atoms with E-state index in [1.807, 2.05) is 0 Å². The van der Waals surface area contributed by atoms with Gasteiger partial charge in [0.25, 0.3) is 5.91 Å². The van der Waals surface area contributed by atoms with Crippen LogP contribution >= 0.6 is 0 Å². The summed E-state index contributed by atoms with van der Waals surface area (Å²) < 4.78 is 39.1. The lowest BCUT2D eigenvalue weighted by molar-refractivity contribution is 0.101. The fourth-order valence-corrected chi connectivity index (χ4v) is 2.93. The Hall–Kier alpha value is -4.01. The molecule has 9 heteroatoms. The molecule has 0 aliphatic carbocycles. The Labute approximate surface area is 176 Å². The second-order valence-corrected chi connectivity index (χ2v) is 6.78. The Balaban J connectivity index is 1.43. The van der Waals surface area contributed by atoms with E-state index in [9.17, 15) is 13.6 Å². The van der Waals surface area contributed by atoms with Crippen LogP contribution in [0.1, 0.15) is 27.4 Å².